The number of benzene rings is 2. The van der Waals surface area contributed by atoms with Gasteiger partial charge in [-0.3, -0.25) is 4.79 Å². The predicted molar refractivity (Wildman–Crippen MR) is 90.8 cm³/mol. The van der Waals surface area contributed by atoms with Gasteiger partial charge in [0, 0.05) is 33.3 Å². The Morgan fingerprint density at radius 3 is 2.79 bits per heavy atom. The van der Waals surface area contributed by atoms with Gasteiger partial charge in [0.25, 0.3) is 0 Å². The number of fused-ring (bicyclic) bond motifs is 5. The van der Waals surface area contributed by atoms with Crippen LogP contribution in [0.5, 0.6) is 0 Å². The molecule has 2 heterocycles. The third-order valence-corrected chi connectivity index (χ3v) is 4.69. The summed E-state index contributed by atoms with van der Waals surface area (Å²) in [6.45, 7) is 11.3. The topological polar surface area (TPSA) is 37.6 Å². The molecule has 1 aliphatic heterocycles. The first-order valence-corrected chi connectivity index (χ1v) is 7.39. The molecular formula is C19H14IrN3O-. The van der Waals surface area contributed by atoms with Gasteiger partial charge >= 0.3 is 0 Å². The van der Waals surface area contributed by atoms with Crippen LogP contribution in [-0.2, 0) is 30.3 Å². The number of nitrogens with zero attached hydrogens (tertiary/aromatic N) is 3. The number of aromatic nitrogens is 1. The van der Waals surface area contributed by atoms with Crippen molar-refractivity contribution in [2.45, 2.75) is 19.3 Å². The van der Waals surface area contributed by atoms with E-state index in [9.17, 15) is 4.79 Å². The summed E-state index contributed by atoms with van der Waals surface area (Å²) in [7, 11) is 1.77. The van der Waals surface area contributed by atoms with E-state index in [-0.39, 0.29) is 26.0 Å². The Labute approximate surface area is 153 Å². The molecule has 121 valence electrons. The zero-order valence-corrected chi connectivity index (χ0v) is 15.9. The summed E-state index contributed by atoms with van der Waals surface area (Å²) in [5.74, 6) is 0.0447. The van der Waals surface area contributed by atoms with Crippen molar-refractivity contribution in [3.8, 4) is 0 Å². The molecule has 0 fully saturated rings. The fraction of sp³-hybridized carbons (Fsp3) is 0.211. The monoisotopic (exact) mass is 493 g/mol. The standard InChI is InChI=1S/C19H14N3O.Ir/c1-19(2)16-13-9-14(20-3)11-7-5-6-8-12(11)17(13)21-10-15(16)22(4)18(19)23;/h5-7,9-10H,1-2,4H3;/q-1;. The molecule has 1 aliphatic rings. The molecular weight excluding hydrogens is 478 g/mol. The molecule has 0 saturated heterocycles. The van der Waals surface area contributed by atoms with E-state index in [1.165, 1.54) is 0 Å². The van der Waals surface area contributed by atoms with Gasteiger partial charge in [-0.05, 0) is 30.3 Å². The molecule has 1 radical (unpaired) electrons. The molecule has 0 bridgehead atoms. The quantitative estimate of drug-likeness (QED) is 0.352. The fourth-order valence-corrected chi connectivity index (χ4v) is 3.56. The molecule has 1 aromatic heterocycles. The number of carbonyl (C=O) groups is 1. The summed E-state index contributed by atoms with van der Waals surface area (Å²) in [5.41, 5.74) is 2.49. The first kappa shape index (κ1) is 16.6. The second-order valence-electron chi connectivity index (χ2n) is 6.37. The summed E-state index contributed by atoms with van der Waals surface area (Å²) in [5, 5.41) is 2.54. The van der Waals surface area contributed by atoms with Gasteiger partial charge in [0.2, 0.25) is 5.91 Å². The summed E-state index contributed by atoms with van der Waals surface area (Å²) in [6, 6.07) is 10.7. The van der Waals surface area contributed by atoms with Crippen LogP contribution in [0.15, 0.2) is 30.5 Å². The van der Waals surface area contributed by atoms with E-state index in [2.05, 4.69) is 15.9 Å². The minimum atomic E-state index is -0.632. The molecule has 0 aliphatic carbocycles. The third kappa shape index (κ3) is 1.94. The molecule has 0 atom stereocenters. The second-order valence-corrected chi connectivity index (χ2v) is 6.37. The van der Waals surface area contributed by atoms with Gasteiger partial charge in [0.1, 0.15) is 0 Å². The van der Waals surface area contributed by atoms with Crippen molar-refractivity contribution in [3.63, 3.8) is 0 Å². The second kappa shape index (κ2) is 5.37. The molecule has 5 heteroatoms. The first-order chi connectivity index (χ1) is 11.0. The van der Waals surface area contributed by atoms with Crippen molar-refractivity contribution in [1.29, 1.82) is 0 Å². The van der Waals surface area contributed by atoms with E-state index in [1.807, 2.05) is 38.1 Å². The number of rotatable bonds is 0. The molecule has 0 N–H and O–H groups in total. The van der Waals surface area contributed by atoms with Crippen molar-refractivity contribution in [1.82, 2.24) is 4.98 Å². The smallest absolute Gasteiger partial charge is 0.236 e. The summed E-state index contributed by atoms with van der Waals surface area (Å²) < 4.78 is 0. The van der Waals surface area contributed by atoms with Crippen LogP contribution in [0.1, 0.15) is 19.4 Å². The van der Waals surface area contributed by atoms with Crippen LogP contribution in [0.2, 0.25) is 0 Å². The van der Waals surface area contributed by atoms with Gasteiger partial charge in [0.15, 0.2) is 5.69 Å². The average Bonchev–Trinajstić information content (AvgIpc) is 2.74. The Kier molecular flexibility index (Phi) is 3.71. The van der Waals surface area contributed by atoms with Gasteiger partial charge < -0.3 is 9.88 Å². The van der Waals surface area contributed by atoms with Crippen LogP contribution in [0, 0.1) is 12.6 Å². The number of hydrogen-bond donors (Lipinski definition) is 0. The number of carbonyl (C=O) groups excluding carboxylic acids is 1. The van der Waals surface area contributed by atoms with Crippen LogP contribution in [-0.4, -0.2) is 17.9 Å². The maximum Gasteiger partial charge on any atom is 0.236 e. The van der Waals surface area contributed by atoms with E-state index in [4.69, 9.17) is 6.57 Å². The average molecular weight is 493 g/mol. The van der Waals surface area contributed by atoms with E-state index in [0.29, 0.717) is 5.69 Å². The SMILES string of the molecule is [C-]#[N+]c1cc2c3c(cnc2c2[c-]cccc12)N(C)C(=O)C3(C)C.[Ir]. The summed E-state index contributed by atoms with van der Waals surface area (Å²) >= 11 is 0. The largest absolute Gasteiger partial charge is 0.313 e. The molecule has 0 unspecified atom stereocenters. The third-order valence-electron chi connectivity index (χ3n) is 4.69. The minimum absolute atomic E-state index is 0. The summed E-state index contributed by atoms with van der Waals surface area (Å²) in [6.07, 6.45) is 1.75. The van der Waals surface area contributed by atoms with Crippen molar-refractivity contribution in [2.24, 2.45) is 0 Å². The normalized spacial score (nSPS) is 15.2. The molecule has 0 saturated carbocycles. The molecule has 4 nitrogen and oxygen atoms in total. The Morgan fingerprint density at radius 1 is 1.33 bits per heavy atom. The Morgan fingerprint density at radius 2 is 2.08 bits per heavy atom. The first-order valence-electron chi connectivity index (χ1n) is 7.39. The van der Waals surface area contributed by atoms with Crippen molar-refractivity contribution in [3.05, 3.63) is 53.5 Å². The van der Waals surface area contributed by atoms with Gasteiger partial charge in [-0.2, -0.15) is 0 Å². The van der Waals surface area contributed by atoms with Crippen LogP contribution >= 0.6 is 0 Å². The van der Waals surface area contributed by atoms with Crippen LogP contribution in [0.25, 0.3) is 26.5 Å². The van der Waals surface area contributed by atoms with Gasteiger partial charge in [0.05, 0.1) is 17.7 Å². The number of anilines is 1. The van der Waals surface area contributed by atoms with Crippen LogP contribution < -0.4 is 4.90 Å². The molecule has 24 heavy (non-hydrogen) atoms. The maximum atomic E-state index is 12.6. The molecule has 0 spiro atoms. The molecule has 2 aromatic carbocycles. The van der Waals surface area contributed by atoms with Crippen LogP contribution in [0.3, 0.4) is 0 Å². The number of pyridine rings is 1. The van der Waals surface area contributed by atoms with E-state index >= 15 is 0 Å². The van der Waals surface area contributed by atoms with Crippen molar-refractivity contribution < 1.29 is 24.9 Å². The Hall–Kier alpha value is -2.28. The number of likely N-dealkylation sites (N-methyl/N-ethyl adjacent to an activating group) is 1. The molecule has 4 rings (SSSR count). The van der Waals surface area contributed by atoms with Crippen LogP contribution in [0.4, 0.5) is 11.4 Å². The predicted octanol–water partition coefficient (Wildman–Crippen LogP) is 3.99. The zero-order valence-electron chi connectivity index (χ0n) is 13.5. The van der Waals surface area contributed by atoms with E-state index in [0.717, 1.165) is 32.9 Å². The zero-order chi connectivity index (χ0) is 16.4. The summed E-state index contributed by atoms with van der Waals surface area (Å²) in [4.78, 5) is 22.5. The Balaban J connectivity index is 0.00000169. The van der Waals surface area contributed by atoms with Crippen molar-refractivity contribution in [2.75, 3.05) is 11.9 Å². The Bertz CT molecular complexity index is 1050. The van der Waals surface area contributed by atoms with E-state index in [1.54, 1.807) is 18.1 Å². The van der Waals surface area contributed by atoms with Gasteiger partial charge in [-0.15, -0.1) is 35.0 Å². The van der Waals surface area contributed by atoms with Gasteiger partial charge in [-0.25, -0.2) is 4.85 Å². The number of hydrogen-bond acceptors (Lipinski definition) is 2. The minimum Gasteiger partial charge on any atom is -0.313 e. The van der Waals surface area contributed by atoms with Crippen molar-refractivity contribution >= 4 is 39.0 Å². The molecule has 3 aromatic rings. The number of amides is 1. The van der Waals surface area contributed by atoms with Gasteiger partial charge in [-0.1, -0.05) is 6.07 Å². The maximum absolute atomic E-state index is 12.6. The molecule has 1 amide bonds. The van der Waals surface area contributed by atoms with E-state index < -0.39 is 5.41 Å². The fourth-order valence-electron chi connectivity index (χ4n) is 3.56.